The van der Waals surface area contributed by atoms with Crippen LogP contribution in [0.15, 0.2) is 35.1 Å². The van der Waals surface area contributed by atoms with Crippen molar-refractivity contribution in [3.8, 4) is 5.75 Å². The third-order valence-electron chi connectivity index (χ3n) is 3.27. The second-order valence-corrected chi connectivity index (χ2v) is 5.01. The summed E-state index contributed by atoms with van der Waals surface area (Å²) in [6.45, 7) is 2.26. The molecule has 1 aliphatic heterocycles. The fraction of sp³-hybridized carbons (Fsp3) is 0.286. The molecule has 98 valence electrons. The highest BCUT2D eigenvalue weighted by Crippen LogP contribution is 2.28. The van der Waals surface area contributed by atoms with E-state index in [1.165, 1.54) is 11.6 Å². The molecule has 1 aliphatic rings. The average molecular weight is 277 g/mol. The third-order valence-corrected chi connectivity index (χ3v) is 3.46. The van der Waals surface area contributed by atoms with Gasteiger partial charge in [0.05, 0.1) is 6.54 Å². The third kappa shape index (κ3) is 2.36. The molecule has 2 aromatic rings. The number of aromatic nitrogens is 2. The molecule has 0 saturated carbocycles. The van der Waals surface area contributed by atoms with Gasteiger partial charge in [0, 0.05) is 12.5 Å². The number of halogens is 1. The van der Waals surface area contributed by atoms with Crippen LogP contribution in [0.4, 0.5) is 0 Å². The van der Waals surface area contributed by atoms with Crippen molar-refractivity contribution in [2.45, 2.75) is 26.0 Å². The smallest absolute Gasteiger partial charge is 0.255 e. The second kappa shape index (κ2) is 4.70. The number of ether oxygens (including phenoxy) is 1. The van der Waals surface area contributed by atoms with Gasteiger partial charge in [-0.3, -0.25) is 9.36 Å². The maximum absolute atomic E-state index is 11.9. The molecule has 19 heavy (non-hydrogen) atoms. The van der Waals surface area contributed by atoms with Crippen LogP contribution in [0, 0.1) is 6.92 Å². The normalized spacial score (nSPS) is 17.1. The summed E-state index contributed by atoms with van der Waals surface area (Å²) in [5.74, 6) is 1.51. The first kappa shape index (κ1) is 12.2. The van der Waals surface area contributed by atoms with Gasteiger partial charge < -0.3 is 4.74 Å². The summed E-state index contributed by atoms with van der Waals surface area (Å²) < 4.78 is 7.43. The number of hydrogen-bond donors (Lipinski definition) is 0. The van der Waals surface area contributed by atoms with Crippen LogP contribution in [0.25, 0.3) is 0 Å². The first-order chi connectivity index (χ1) is 9.13. The summed E-state index contributed by atoms with van der Waals surface area (Å²) >= 11 is 5.76. The summed E-state index contributed by atoms with van der Waals surface area (Å²) in [6, 6.07) is 9.27. The van der Waals surface area contributed by atoms with Crippen LogP contribution in [0.3, 0.4) is 0 Å². The van der Waals surface area contributed by atoms with Crippen LogP contribution < -0.4 is 10.3 Å². The standard InChI is InChI=1S/C14H13ClN2O2/c1-9-16-13(15)7-14(18)17(9)8-11-6-10-4-2-3-5-12(10)19-11/h2-5,7,11H,6,8H2,1H3. The van der Waals surface area contributed by atoms with Crippen molar-refractivity contribution < 1.29 is 4.74 Å². The predicted octanol–water partition coefficient (Wildman–Crippen LogP) is 2.21. The SMILES string of the molecule is Cc1nc(Cl)cc(=O)n1CC1Cc2ccccc2O1. The Morgan fingerprint density at radius 3 is 3.00 bits per heavy atom. The summed E-state index contributed by atoms with van der Waals surface area (Å²) in [4.78, 5) is 16.0. The van der Waals surface area contributed by atoms with Crippen LogP contribution >= 0.6 is 11.6 Å². The van der Waals surface area contributed by atoms with E-state index in [0.717, 1.165) is 12.2 Å². The Balaban J connectivity index is 1.84. The molecule has 5 heteroatoms. The first-order valence-electron chi connectivity index (χ1n) is 6.12. The van der Waals surface area contributed by atoms with Gasteiger partial charge in [-0.05, 0) is 18.6 Å². The zero-order valence-electron chi connectivity index (χ0n) is 10.5. The van der Waals surface area contributed by atoms with Crippen molar-refractivity contribution in [2.75, 3.05) is 0 Å². The lowest BCUT2D eigenvalue weighted by Gasteiger charge is -2.14. The zero-order valence-corrected chi connectivity index (χ0v) is 11.2. The topological polar surface area (TPSA) is 44.1 Å². The van der Waals surface area contributed by atoms with E-state index in [4.69, 9.17) is 16.3 Å². The molecule has 1 aromatic carbocycles. The monoisotopic (exact) mass is 276 g/mol. The second-order valence-electron chi connectivity index (χ2n) is 4.63. The maximum atomic E-state index is 11.9. The minimum atomic E-state index is -0.142. The minimum absolute atomic E-state index is 0.0308. The van der Waals surface area contributed by atoms with Crippen LogP contribution in [0.2, 0.25) is 5.15 Å². The summed E-state index contributed by atoms with van der Waals surface area (Å²) in [5, 5.41) is 0.231. The number of fused-ring (bicyclic) bond motifs is 1. The van der Waals surface area contributed by atoms with Crippen molar-refractivity contribution in [2.24, 2.45) is 0 Å². The average Bonchev–Trinajstić information content (AvgIpc) is 2.76. The Morgan fingerprint density at radius 2 is 2.26 bits per heavy atom. The van der Waals surface area contributed by atoms with Gasteiger partial charge in [-0.1, -0.05) is 29.8 Å². The van der Waals surface area contributed by atoms with Crippen LogP contribution in [-0.2, 0) is 13.0 Å². The number of hydrogen-bond acceptors (Lipinski definition) is 3. The van der Waals surface area contributed by atoms with E-state index < -0.39 is 0 Å². The van der Waals surface area contributed by atoms with Crippen molar-refractivity contribution >= 4 is 11.6 Å². The fourth-order valence-corrected chi connectivity index (χ4v) is 2.58. The first-order valence-corrected chi connectivity index (χ1v) is 6.50. The fourth-order valence-electron chi connectivity index (χ4n) is 2.37. The van der Waals surface area contributed by atoms with Gasteiger partial charge in [0.1, 0.15) is 22.8 Å². The highest BCUT2D eigenvalue weighted by atomic mass is 35.5. The number of benzene rings is 1. The van der Waals surface area contributed by atoms with Crippen LogP contribution in [0.1, 0.15) is 11.4 Å². The van der Waals surface area contributed by atoms with E-state index in [0.29, 0.717) is 12.4 Å². The predicted molar refractivity (Wildman–Crippen MR) is 72.8 cm³/mol. The maximum Gasteiger partial charge on any atom is 0.255 e. The highest BCUT2D eigenvalue weighted by molar-refractivity contribution is 6.29. The Labute approximate surface area is 115 Å². The van der Waals surface area contributed by atoms with E-state index in [2.05, 4.69) is 4.98 Å². The Hall–Kier alpha value is -1.81. The molecule has 0 radical (unpaired) electrons. The largest absolute Gasteiger partial charge is 0.488 e. The molecule has 0 saturated heterocycles. The van der Waals surface area contributed by atoms with Gasteiger partial charge in [-0.2, -0.15) is 0 Å². The lowest BCUT2D eigenvalue weighted by Crippen LogP contribution is -2.30. The van der Waals surface area contributed by atoms with Crippen molar-refractivity contribution in [3.05, 3.63) is 57.2 Å². The Bertz CT molecular complexity index is 656. The van der Waals surface area contributed by atoms with Gasteiger partial charge in [-0.25, -0.2) is 4.98 Å². The van der Waals surface area contributed by atoms with Crippen molar-refractivity contribution in [1.82, 2.24) is 9.55 Å². The molecule has 0 aliphatic carbocycles. The molecule has 4 nitrogen and oxygen atoms in total. The lowest BCUT2D eigenvalue weighted by atomic mass is 10.1. The van der Waals surface area contributed by atoms with Crippen molar-refractivity contribution in [3.63, 3.8) is 0 Å². The lowest BCUT2D eigenvalue weighted by molar-refractivity contribution is 0.205. The molecule has 2 heterocycles. The molecular formula is C14H13ClN2O2. The number of rotatable bonds is 2. The summed E-state index contributed by atoms with van der Waals surface area (Å²) in [5.41, 5.74) is 1.04. The van der Waals surface area contributed by atoms with Gasteiger partial charge in [-0.15, -0.1) is 0 Å². The Morgan fingerprint density at radius 1 is 1.47 bits per heavy atom. The molecule has 1 aromatic heterocycles. The van der Waals surface area contributed by atoms with Gasteiger partial charge in [0.2, 0.25) is 0 Å². The quantitative estimate of drug-likeness (QED) is 0.790. The van der Waals surface area contributed by atoms with E-state index in [9.17, 15) is 4.79 Å². The highest BCUT2D eigenvalue weighted by Gasteiger charge is 2.23. The van der Waals surface area contributed by atoms with Crippen molar-refractivity contribution in [1.29, 1.82) is 0 Å². The summed E-state index contributed by atoms with van der Waals surface area (Å²) in [7, 11) is 0. The number of para-hydroxylation sites is 1. The molecule has 1 unspecified atom stereocenters. The molecule has 0 spiro atoms. The van der Waals surface area contributed by atoms with Crippen LogP contribution in [-0.4, -0.2) is 15.7 Å². The number of nitrogens with zero attached hydrogens (tertiary/aromatic N) is 2. The van der Waals surface area contributed by atoms with E-state index in [-0.39, 0.29) is 16.8 Å². The molecule has 0 fully saturated rings. The zero-order chi connectivity index (χ0) is 13.4. The summed E-state index contributed by atoms with van der Waals surface area (Å²) in [6.07, 6.45) is 0.779. The molecule has 3 rings (SSSR count). The molecule has 1 atom stereocenters. The molecular weight excluding hydrogens is 264 g/mol. The van der Waals surface area contributed by atoms with Crippen LogP contribution in [0.5, 0.6) is 5.75 Å². The Kier molecular flexibility index (Phi) is 3.03. The molecule has 0 amide bonds. The van der Waals surface area contributed by atoms with Gasteiger partial charge in [0.25, 0.3) is 5.56 Å². The van der Waals surface area contributed by atoms with Gasteiger partial charge >= 0.3 is 0 Å². The van der Waals surface area contributed by atoms with Gasteiger partial charge in [0.15, 0.2) is 0 Å². The van der Waals surface area contributed by atoms with E-state index in [1.54, 1.807) is 11.5 Å². The molecule has 0 N–H and O–H groups in total. The van der Waals surface area contributed by atoms with E-state index >= 15 is 0 Å². The number of aryl methyl sites for hydroxylation is 1. The van der Waals surface area contributed by atoms with E-state index in [1.807, 2.05) is 24.3 Å². The minimum Gasteiger partial charge on any atom is -0.488 e. The molecule has 0 bridgehead atoms.